The summed E-state index contributed by atoms with van der Waals surface area (Å²) in [4.78, 5) is 24.2. The number of amides is 2. The minimum Gasteiger partial charge on any atom is -0.342 e. The van der Waals surface area contributed by atoms with Crippen molar-refractivity contribution in [3.05, 3.63) is 29.8 Å². The van der Waals surface area contributed by atoms with Gasteiger partial charge in [0.25, 0.3) is 0 Å². The molecule has 0 heterocycles. The van der Waals surface area contributed by atoms with Crippen LogP contribution >= 0.6 is 15.9 Å². The van der Waals surface area contributed by atoms with Crippen LogP contribution in [0.15, 0.2) is 24.3 Å². The summed E-state index contributed by atoms with van der Waals surface area (Å²) in [5.74, 6) is -0.113. The molecule has 2 amide bonds. The second-order valence-electron chi connectivity index (χ2n) is 4.14. The average Bonchev–Trinajstić information content (AvgIpc) is 2.31. The molecule has 0 aliphatic carbocycles. The number of rotatable bonds is 4. The van der Waals surface area contributed by atoms with Crippen LogP contribution in [-0.2, 0) is 16.1 Å². The molecule has 1 atom stereocenters. The predicted octanol–water partition coefficient (Wildman–Crippen LogP) is 2.39. The highest BCUT2D eigenvalue weighted by Gasteiger charge is 2.12. The second kappa shape index (κ2) is 6.54. The molecule has 0 fully saturated rings. The highest BCUT2D eigenvalue weighted by atomic mass is 79.9. The zero-order valence-electron chi connectivity index (χ0n) is 10.7. The van der Waals surface area contributed by atoms with Crippen molar-refractivity contribution in [1.29, 1.82) is 0 Å². The number of carbonyl (C=O) groups is 2. The molecule has 0 bridgehead atoms. The summed E-state index contributed by atoms with van der Waals surface area (Å²) in [6.07, 6.45) is 0. The number of hydrogen-bond donors (Lipinski definition) is 1. The van der Waals surface area contributed by atoms with Crippen molar-refractivity contribution >= 4 is 33.4 Å². The predicted molar refractivity (Wildman–Crippen MR) is 75.6 cm³/mol. The third kappa shape index (κ3) is 4.14. The van der Waals surface area contributed by atoms with Crippen LogP contribution in [0.1, 0.15) is 19.4 Å². The van der Waals surface area contributed by atoms with E-state index in [0.29, 0.717) is 6.54 Å². The lowest BCUT2D eigenvalue weighted by Gasteiger charge is -2.18. The Balaban J connectivity index is 2.86. The van der Waals surface area contributed by atoms with Crippen molar-refractivity contribution in [1.82, 2.24) is 4.90 Å². The van der Waals surface area contributed by atoms with E-state index in [0.717, 1.165) is 11.3 Å². The van der Waals surface area contributed by atoms with Gasteiger partial charge in [0.15, 0.2) is 0 Å². The van der Waals surface area contributed by atoms with E-state index in [2.05, 4.69) is 21.2 Å². The molecule has 1 aromatic rings. The Labute approximate surface area is 115 Å². The van der Waals surface area contributed by atoms with Crippen LogP contribution in [0.2, 0.25) is 0 Å². The zero-order valence-corrected chi connectivity index (χ0v) is 12.3. The van der Waals surface area contributed by atoms with Crippen molar-refractivity contribution in [3.63, 3.8) is 0 Å². The average molecular weight is 313 g/mol. The Hall–Kier alpha value is -1.36. The topological polar surface area (TPSA) is 49.4 Å². The summed E-state index contributed by atoms with van der Waals surface area (Å²) < 4.78 is 0. The van der Waals surface area contributed by atoms with Crippen LogP contribution in [0.3, 0.4) is 0 Å². The number of para-hydroxylation sites is 1. The monoisotopic (exact) mass is 312 g/mol. The first-order chi connectivity index (χ1) is 8.41. The standard InChI is InChI=1S/C13H17BrN2O2/c1-9(14)13(18)15-12-7-5-4-6-11(12)8-16(3)10(2)17/h4-7,9H,8H2,1-3H3,(H,15,18). The molecule has 5 heteroatoms. The van der Waals surface area contributed by atoms with Gasteiger partial charge in [-0.1, -0.05) is 34.1 Å². The SMILES string of the molecule is CC(=O)N(C)Cc1ccccc1NC(=O)C(C)Br. The number of halogens is 1. The molecule has 18 heavy (non-hydrogen) atoms. The molecule has 0 saturated carbocycles. The molecular weight excluding hydrogens is 296 g/mol. The van der Waals surface area contributed by atoms with Crippen LogP contribution in [0, 0.1) is 0 Å². The van der Waals surface area contributed by atoms with Crippen molar-refractivity contribution < 1.29 is 9.59 Å². The normalized spacial score (nSPS) is 11.8. The number of anilines is 1. The van der Waals surface area contributed by atoms with Crippen molar-refractivity contribution in [3.8, 4) is 0 Å². The Morgan fingerprint density at radius 2 is 2.00 bits per heavy atom. The van der Waals surface area contributed by atoms with E-state index in [1.165, 1.54) is 6.92 Å². The minimum atomic E-state index is -0.254. The molecule has 1 rings (SSSR count). The molecule has 0 saturated heterocycles. The summed E-state index contributed by atoms with van der Waals surface area (Å²) in [5.41, 5.74) is 1.65. The first-order valence-electron chi connectivity index (χ1n) is 5.66. The van der Waals surface area contributed by atoms with Gasteiger partial charge < -0.3 is 10.2 Å². The molecule has 0 aromatic heterocycles. The van der Waals surface area contributed by atoms with Crippen molar-refractivity contribution in [2.75, 3.05) is 12.4 Å². The van der Waals surface area contributed by atoms with E-state index in [-0.39, 0.29) is 16.6 Å². The van der Waals surface area contributed by atoms with Crippen LogP contribution < -0.4 is 5.32 Å². The van der Waals surface area contributed by atoms with Crippen LogP contribution in [0.5, 0.6) is 0 Å². The van der Waals surface area contributed by atoms with Gasteiger partial charge >= 0.3 is 0 Å². The van der Waals surface area contributed by atoms with Crippen LogP contribution in [0.4, 0.5) is 5.69 Å². The van der Waals surface area contributed by atoms with Gasteiger partial charge in [-0.25, -0.2) is 0 Å². The fraction of sp³-hybridized carbons (Fsp3) is 0.385. The lowest BCUT2D eigenvalue weighted by Crippen LogP contribution is -2.25. The molecule has 1 unspecified atom stereocenters. The molecule has 0 aliphatic heterocycles. The summed E-state index contributed by atoms with van der Waals surface area (Å²) >= 11 is 3.22. The van der Waals surface area contributed by atoms with Gasteiger partial charge in [0.2, 0.25) is 11.8 Å². The molecule has 0 spiro atoms. The second-order valence-corrected chi connectivity index (χ2v) is 5.51. The van der Waals surface area contributed by atoms with Gasteiger partial charge in [-0.05, 0) is 18.6 Å². The molecule has 0 radical (unpaired) electrons. The number of carbonyl (C=O) groups excluding carboxylic acids is 2. The van der Waals surface area contributed by atoms with Gasteiger partial charge in [-0.15, -0.1) is 0 Å². The summed E-state index contributed by atoms with van der Waals surface area (Å²) in [7, 11) is 1.73. The lowest BCUT2D eigenvalue weighted by atomic mass is 10.1. The highest BCUT2D eigenvalue weighted by Crippen LogP contribution is 2.17. The van der Waals surface area contributed by atoms with E-state index < -0.39 is 0 Å². The smallest absolute Gasteiger partial charge is 0.237 e. The molecule has 1 N–H and O–H groups in total. The molecule has 1 aromatic carbocycles. The quantitative estimate of drug-likeness (QED) is 0.868. The summed E-state index contributed by atoms with van der Waals surface area (Å²) in [6.45, 7) is 3.75. The van der Waals surface area contributed by atoms with Gasteiger partial charge in [0, 0.05) is 26.2 Å². The third-order valence-corrected chi connectivity index (χ3v) is 3.00. The maximum absolute atomic E-state index is 11.6. The van der Waals surface area contributed by atoms with Crippen molar-refractivity contribution in [2.45, 2.75) is 25.2 Å². The Bertz CT molecular complexity index is 446. The largest absolute Gasteiger partial charge is 0.342 e. The minimum absolute atomic E-state index is 0.00927. The first-order valence-corrected chi connectivity index (χ1v) is 6.58. The zero-order chi connectivity index (χ0) is 13.7. The van der Waals surface area contributed by atoms with E-state index in [1.807, 2.05) is 24.3 Å². The van der Waals surface area contributed by atoms with Gasteiger partial charge in [0.05, 0.1) is 4.83 Å². The number of alkyl halides is 1. The first kappa shape index (κ1) is 14.7. The highest BCUT2D eigenvalue weighted by molar-refractivity contribution is 9.10. The Morgan fingerprint density at radius 3 is 2.56 bits per heavy atom. The Morgan fingerprint density at radius 1 is 1.39 bits per heavy atom. The fourth-order valence-corrected chi connectivity index (χ4v) is 1.49. The van der Waals surface area contributed by atoms with E-state index in [9.17, 15) is 9.59 Å². The van der Waals surface area contributed by atoms with Gasteiger partial charge in [0.1, 0.15) is 0 Å². The summed E-state index contributed by atoms with van der Waals surface area (Å²) in [5, 5.41) is 2.83. The molecule has 98 valence electrons. The van der Waals surface area contributed by atoms with Crippen LogP contribution in [-0.4, -0.2) is 28.6 Å². The summed E-state index contributed by atoms with van der Waals surface area (Å²) in [6, 6.07) is 7.47. The number of benzene rings is 1. The van der Waals surface area contributed by atoms with E-state index in [4.69, 9.17) is 0 Å². The van der Waals surface area contributed by atoms with E-state index in [1.54, 1.807) is 18.9 Å². The maximum Gasteiger partial charge on any atom is 0.237 e. The molecule has 0 aliphatic rings. The number of nitrogens with zero attached hydrogens (tertiary/aromatic N) is 1. The Kier molecular flexibility index (Phi) is 5.34. The molecular formula is C13H17BrN2O2. The fourth-order valence-electron chi connectivity index (χ4n) is 1.38. The maximum atomic E-state index is 11.6. The van der Waals surface area contributed by atoms with Gasteiger partial charge in [-0.2, -0.15) is 0 Å². The van der Waals surface area contributed by atoms with Gasteiger partial charge in [-0.3, -0.25) is 9.59 Å². The van der Waals surface area contributed by atoms with E-state index >= 15 is 0 Å². The van der Waals surface area contributed by atoms with Crippen LogP contribution in [0.25, 0.3) is 0 Å². The lowest BCUT2D eigenvalue weighted by molar-refractivity contribution is -0.128. The number of nitrogens with one attached hydrogen (secondary N) is 1. The molecule has 4 nitrogen and oxygen atoms in total. The number of hydrogen-bond acceptors (Lipinski definition) is 2. The van der Waals surface area contributed by atoms with Crippen molar-refractivity contribution in [2.24, 2.45) is 0 Å². The third-order valence-electron chi connectivity index (χ3n) is 2.58.